The van der Waals surface area contributed by atoms with E-state index >= 15 is 0 Å². The average molecular weight is 499 g/mol. The van der Waals surface area contributed by atoms with Crippen molar-refractivity contribution in [3.05, 3.63) is 79.6 Å². The summed E-state index contributed by atoms with van der Waals surface area (Å²) in [6, 6.07) is 11.1. The van der Waals surface area contributed by atoms with E-state index in [9.17, 15) is 9.59 Å². The Hall–Kier alpha value is -2.68. The summed E-state index contributed by atoms with van der Waals surface area (Å²) in [6.45, 7) is 6.97. The van der Waals surface area contributed by atoms with Crippen LogP contribution in [0, 0.1) is 12.8 Å². The topological polar surface area (TPSA) is 66.7 Å². The zero-order chi connectivity index (χ0) is 23.7. The molecule has 1 aliphatic heterocycles. The molecule has 0 unspecified atom stereocenters. The SMILES string of the molecule is Cc1ccc2nc(NCC(C)C)c(/C=C3/SC(=S)N(Cc4ccccc4Cl)C3=O)c(=O)n2c1. The second kappa shape index (κ2) is 9.67. The van der Waals surface area contributed by atoms with Gasteiger partial charge in [-0.3, -0.25) is 18.9 Å². The Balaban J connectivity index is 1.75. The minimum atomic E-state index is -0.256. The quantitative estimate of drug-likeness (QED) is 0.375. The molecule has 2 aromatic heterocycles. The Morgan fingerprint density at radius 1 is 1.21 bits per heavy atom. The monoisotopic (exact) mass is 498 g/mol. The lowest BCUT2D eigenvalue weighted by Gasteiger charge is -2.15. The summed E-state index contributed by atoms with van der Waals surface area (Å²) in [5.41, 5.74) is 2.37. The number of pyridine rings is 1. The lowest BCUT2D eigenvalue weighted by atomic mass is 10.2. The number of hydrogen-bond acceptors (Lipinski definition) is 6. The zero-order valence-corrected chi connectivity index (χ0v) is 20.9. The van der Waals surface area contributed by atoms with E-state index < -0.39 is 0 Å². The number of thioether (sulfide) groups is 1. The van der Waals surface area contributed by atoms with E-state index in [2.05, 4.69) is 24.1 Å². The highest BCUT2D eigenvalue weighted by molar-refractivity contribution is 8.26. The molecule has 33 heavy (non-hydrogen) atoms. The minimum absolute atomic E-state index is 0.244. The van der Waals surface area contributed by atoms with Gasteiger partial charge in [-0.05, 0) is 42.2 Å². The van der Waals surface area contributed by atoms with Crippen LogP contribution in [0.4, 0.5) is 5.82 Å². The molecule has 9 heteroatoms. The van der Waals surface area contributed by atoms with Gasteiger partial charge in [-0.25, -0.2) is 4.98 Å². The van der Waals surface area contributed by atoms with Crippen molar-refractivity contribution in [3.8, 4) is 0 Å². The predicted molar refractivity (Wildman–Crippen MR) is 140 cm³/mol. The third kappa shape index (κ3) is 4.98. The Labute approximate surface area is 206 Å². The fraction of sp³-hybridized carbons (Fsp3) is 0.250. The number of nitrogens with zero attached hydrogens (tertiary/aromatic N) is 3. The number of halogens is 1. The van der Waals surface area contributed by atoms with Crippen LogP contribution in [-0.4, -0.2) is 31.1 Å². The van der Waals surface area contributed by atoms with Crippen molar-refractivity contribution in [2.75, 3.05) is 11.9 Å². The van der Waals surface area contributed by atoms with Crippen molar-refractivity contribution in [2.45, 2.75) is 27.3 Å². The highest BCUT2D eigenvalue weighted by atomic mass is 35.5. The van der Waals surface area contributed by atoms with E-state index in [1.165, 1.54) is 21.1 Å². The van der Waals surface area contributed by atoms with Crippen molar-refractivity contribution in [2.24, 2.45) is 5.92 Å². The summed E-state index contributed by atoms with van der Waals surface area (Å²) in [5.74, 6) is 0.548. The molecule has 0 atom stereocenters. The van der Waals surface area contributed by atoms with Crippen LogP contribution >= 0.6 is 35.6 Å². The maximum Gasteiger partial charge on any atom is 0.267 e. The Morgan fingerprint density at radius 2 is 1.97 bits per heavy atom. The van der Waals surface area contributed by atoms with E-state index in [0.717, 1.165) is 11.1 Å². The van der Waals surface area contributed by atoms with Crippen LogP contribution in [0.3, 0.4) is 0 Å². The molecular weight excluding hydrogens is 476 g/mol. The molecule has 3 heterocycles. The summed E-state index contributed by atoms with van der Waals surface area (Å²) in [5, 5.41) is 3.84. The number of carbonyl (C=O) groups excluding carboxylic acids is 1. The van der Waals surface area contributed by atoms with E-state index in [4.69, 9.17) is 23.8 Å². The smallest absolute Gasteiger partial charge is 0.267 e. The summed E-state index contributed by atoms with van der Waals surface area (Å²) in [6.07, 6.45) is 3.34. The van der Waals surface area contributed by atoms with E-state index in [1.807, 2.05) is 37.3 Å². The van der Waals surface area contributed by atoms with Gasteiger partial charge in [-0.15, -0.1) is 0 Å². The number of thiocarbonyl (C=S) groups is 1. The molecule has 0 spiro atoms. The molecule has 0 bridgehead atoms. The van der Waals surface area contributed by atoms with Gasteiger partial charge in [0.15, 0.2) is 0 Å². The number of anilines is 1. The van der Waals surface area contributed by atoms with Crippen molar-refractivity contribution in [1.82, 2.24) is 14.3 Å². The fourth-order valence-electron chi connectivity index (χ4n) is 3.39. The normalized spacial score (nSPS) is 15.3. The lowest BCUT2D eigenvalue weighted by Crippen LogP contribution is -2.27. The van der Waals surface area contributed by atoms with E-state index in [-0.39, 0.29) is 18.0 Å². The first kappa shape index (κ1) is 23.5. The van der Waals surface area contributed by atoms with Gasteiger partial charge < -0.3 is 5.32 Å². The van der Waals surface area contributed by atoms with Gasteiger partial charge in [-0.1, -0.05) is 73.7 Å². The number of fused-ring (bicyclic) bond motifs is 1. The molecular formula is C24H23ClN4O2S2. The summed E-state index contributed by atoms with van der Waals surface area (Å²) >= 11 is 12.9. The number of rotatable bonds is 6. The first-order valence-electron chi connectivity index (χ1n) is 10.5. The van der Waals surface area contributed by atoms with Crippen molar-refractivity contribution in [3.63, 3.8) is 0 Å². The molecule has 1 aromatic carbocycles. The van der Waals surface area contributed by atoms with Crippen LogP contribution in [-0.2, 0) is 11.3 Å². The first-order chi connectivity index (χ1) is 15.7. The van der Waals surface area contributed by atoms with Gasteiger partial charge >= 0.3 is 0 Å². The second-order valence-electron chi connectivity index (χ2n) is 8.25. The van der Waals surface area contributed by atoms with Gasteiger partial charge in [0.25, 0.3) is 11.5 Å². The lowest BCUT2D eigenvalue weighted by molar-refractivity contribution is -0.122. The highest BCUT2D eigenvalue weighted by Gasteiger charge is 2.33. The van der Waals surface area contributed by atoms with Gasteiger partial charge in [0.1, 0.15) is 15.8 Å². The van der Waals surface area contributed by atoms with Crippen molar-refractivity contribution in [1.29, 1.82) is 0 Å². The van der Waals surface area contributed by atoms with Crippen LogP contribution in [0.25, 0.3) is 11.7 Å². The number of amides is 1. The summed E-state index contributed by atoms with van der Waals surface area (Å²) in [4.78, 5) is 33.1. The predicted octanol–water partition coefficient (Wildman–Crippen LogP) is 5.13. The zero-order valence-electron chi connectivity index (χ0n) is 18.5. The molecule has 1 N–H and O–H groups in total. The molecule has 1 fully saturated rings. The number of hydrogen-bond donors (Lipinski definition) is 1. The molecule has 170 valence electrons. The Morgan fingerprint density at radius 3 is 2.70 bits per heavy atom. The average Bonchev–Trinajstić information content (AvgIpc) is 3.03. The van der Waals surface area contributed by atoms with Crippen molar-refractivity contribution >= 4 is 63.3 Å². The maximum atomic E-state index is 13.4. The van der Waals surface area contributed by atoms with Crippen LogP contribution in [0.2, 0.25) is 5.02 Å². The van der Waals surface area contributed by atoms with E-state index in [0.29, 0.717) is 43.7 Å². The summed E-state index contributed by atoms with van der Waals surface area (Å²) < 4.78 is 1.93. The molecule has 1 saturated heterocycles. The molecule has 3 aromatic rings. The molecule has 4 rings (SSSR count). The highest BCUT2D eigenvalue weighted by Crippen LogP contribution is 2.34. The standard InChI is InChI=1S/C24H23ClN4O2S2/c1-14(2)11-26-21-17(22(30)28-12-15(3)8-9-20(28)27-21)10-19-23(31)29(24(32)33-19)13-16-6-4-5-7-18(16)25/h4-10,12,14,26H,11,13H2,1-3H3/b19-10+. The number of aromatic nitrogens is 2. The number of aryl methyl sites for hydroxylation is 1. The van der Waals surface area contributed by atoms with Gasteiger partial charge in [0.2, 0.25) is 0 Å². The maximum absolute atomic E-state index is 13.4. The number of carbonyl (C=O) groups is 1. The Kier molecular flexibility index (Phi) is 6.88. The molecule has 1 aliphatic rings. The largest absolute Gasteiger partial charge is 0.369 e. The number of benzene rings is 1. The minimum Gasteiger partial charge on any atom is -0.369 e. The molecule has 0 saturated carbocycles. The van der Waals surface area contributed by atoms with Crippen molar-refractivity contribution < 1.29 is 4.79 Å². The third-order valence-corrected chi connectivity index (χ3v) is 6.87. The molecule has 1 amide bonds. The van der Waals surface area contributed by atoms with Crippen LogP contribution in [0.15, 0.2) is 52.3 Å². The third-order valence-electron chi connectivity index (χ3n) is 5.12. The van der Waals surface area contributed by atoms with E-state index in [1.54, 1.807) is 18.3 Å². The van der Waals surface area contributed by atoms with Crippen LogP contribution < -0.4 is 10.9 Å². The van der Waals surface area contributed by atoms with Gasteiger partial charge in [-0.2, -0.15) is 0 Å². The summed E-state index contributed by atoms with van der Waals surface area (Å²) in [7, 11) is 0. The van der Waals surface area contributed by atoms with Gasteiger partial charge in [0, 0.05) is 17.8 Å². The number of nitrogens with one attached hydrogen (secondary N) is 1. The van der Waals surface area contributed by atoms with Crippen LogP contribution in [0.5, 0.6) is 0 Å². The molecule has 0 aliphatic carbocycles. The Bertz CT molecular complexity index is 1350. The first-order valence-corrected chi connectivity index (χ1v) is 12.1. The fourth-order valence-corrected chi connectivity index (χ4v) is 4.82. The second-order valence-corrected chi connectivity index (χ2v) is 10.3. The molecule has 6 nitrogen and oxygen atoms in total. The van der Waals surface area contributed by atoms with Crippen LogP contribution in [0.1, 0.15) is 30.5 Å². The van der Waals surface area contributed by atoms with Gasteiger partial charge in [0.05, 0.1) is 17.0 Å². The molecule has 0 radical (unpaired) electrons.